The van der Waals surface area contributed by atoms with E-state index >= 15 is 0 Å². The molecule has 0 fully saturated rings. The number of anilines is 3. The molecule has 0 aliphatic carbocycles. The lowest BCUT2D eigenvalue weighted by atomic mass is 10.2. The number of ether oxygens (including phenoxy) is 6. The summed E-state index contributed by atoms with van der Waals surface area (Å²) in [5, 5.41) is 13.2. The number of fused-ring (bicyclic) bond motifs is 4. The second-order valence-corrected chi connectivity index (χ2v) is 21.3. The highest BCUT2D eigenvalue weighted by molar-refractivity contribution is 5.78. The maximum absolute atomic E-state index is 12.1. The highest BCUT2D eigenvalue weighted by atomic mass is 16.8. The van der Waals surface area contributed by atoms with E-state index in [1.54, 1.807) is 96.9 Å². The second kappa shape index (κ2) is 35.3. The lowest BCUT2D eigenvalue weighted by Crippen LogP contribution is -2.35. The van der Waals surface area contributed by atoms with Crippen molar-refractivity contribution < 1.29 is 52.4 Å². The fourth-order valence-electron chi connectivity index (χ4n) is 6.04. The van der Waals surface area contributed by atoms with Crippen LogP contribution in [0.5, 0.6) is 0 Å². The lowest BCUT2D eigenvalue weighted by molar-refractivity contribution is -0.143. The number of aromatic nitrogens is 16. The third-order valence-corrected chi connectivity index (χ3v) is 9.08. The van der Waals surface area contributed by atoms with Gasteiger partial charge in [0.1, 0.15) is 34.8 Å². The van der Waals surface area contributed by atoms with Gasteiger partial charge < -0.3 is 96.7 Å². The zero-order chi connectivity index (χ0) is 66.2. The van der Waals surface area contributed by atoms with Crippen molar-refractivity contribution in [3.63, 3.8) is 0 Å². The van der Waals surface area contributed by atoms with Crippen LogP contribution in [0.25, 0.3) is 44.7 Å². The molecule has 498 valence electrons. The summed E-state index contributed by atoms with van der Waals surface area (Å²) in [5.74, 6) is 0.770. The smallest absolute Gasteiger partial charge is 0.465 e. The first-order valence-corrected chi connectivity index (χ1v) is 26.3. The first kappa shape index (κ1) is 77.4. The summed E-state index contributed by atoms with van der Waals surface area (Å²) in [6, 6.07) is 0. The zero-order valence-electron chi connectivity index (χ0n) is 50.9. The van der Waals surface area contributed by atoms with E-state index in [4.69, 9.17) is 29.4 Å². The van der Waals surface area contributed by atoms with Gasteiger partial charge >= 0.3 is 30.5 Å². The molecule has 90 heavy (non-hydrogen) atoms. The fraction of sp³-hybridized carbons (Fsp3) is 0.510. The highest BCUT2D eigenvalue weighted by Crippen LogP contribution is 2.13. The molecule has 0 aromatic carbocycles. The van der Waals surface area contributed by atoms with E-state index in [1.807, 2.05) is 0 Å². The minimum absolute atomic E-state index is 0. The summed E-state index contributed by atoms with van der Waals surface area (Å²) in [5.41, 5.74) is 13.2. The predicted octanol–water partition coefficient (Wildman–Crippen LogP) is 3.05. The van der Waals surface area contributed by atoms with Gasteiger partial charge in [0.2, 0.25) is 17.8 Å². The molecule has 0 radical (unpaired) electrons. The Morgan fingerprint density at radius 3 is 1.31 bits per heavy atom. The van der Waals surface area contributed by atoms with E-state index in [0.29, 0.717) is 45.3 Å². The molecular formula is C51H84N24O15. The highest BCUT2D eigenvalue weighted by Gasteiger charge is 2.25. The van der Waals surface area contributed by atoms with Crippen molar-refractivity contribution >= 4 is 93.0 Å². The van der Waals surface area contributed by atoms with Crippen LogP contribution in [0.3, 0.4) is 0 Å². The van der Waals surface area contributed by atoms with Gasteiger partial charge in [-0.3, -0.25) is 38.9 Å². The number of carbonyl (C=O) groups excluding carboxylic acids is 5. The SMILES string of the molecule is C.C.CC(C)(C)OC(=O)NCNc1nc2nc[nH]c2c(=O)[nH]1.CC(C)(C)OC(=O)OC(=O)OC(C)(C)C.CCOC(=O)Cn1cnc2c(=O)[nH]c(NCNC(=O)OC(C)(C)C)nc21.Cc1nc2nc[nH]c2c(=O)[nH]1.NCN.NCNc1nc2nc[nH]c2c(=O)[nH]1. The van der Waals surface area contributed by atoms with Crippen LogP contribution in [0.1, 0.15) is 111 Å². The number of rotatable bonds is 11. The average Bonchev–Trinajstić information content (AvgIpc) is 2.38. The first-order chi connectivity index (χ1) is 41.0. The normalized spacial score (nSPS) is 10.8. The number of carbonyl (C=O) groups is 5. The molecule has 39 heteroatoms. The van der Waals surface area contributed by atoms with Gasteiger partial charge in [-0.15, -0.1) is 0 Å². The van der Waals surface area contributed by atoms with Gasteiger partial charge in [0.25, 0.3) is 22.2 Å². The molecule has 0 bridgehead atoms. The summed E-state index contributed by atoms with van der Waals surface area (Å²) in [4.78, 5) is 153. The molecule has 0 saturated heterocycles. The summed E-state index contributed by atoms with van der Waals surface area (Å²) in [7, 11) is 0. The molecule has 0 saturated carbocycles. The van der Waals surface area contributed by atoms with Crippen molar-refractivity contribution in [3.8, 4) is 0 Å². The number of esters is 1. The Labute approximate surface area is 513 Å². The number of hydrogen-bond acceptors (Lipinski definition) is 29. The van der Waals surface area contributed by atoms with Gasteiger partial charge in [0, 0.05) is 6.67 Å². The Morgan fingerprint density at radius 1 is 0.533 bits per heavy atom. The molecular weight excluding hydrogens is 1190 g/mol. The molecule has 8 aromatic rings. The number of imidazole rings is 4. The average molecular weight is 1270 g/mol. The summed E-state index contributed by atoms with van der Waals surface area (Å²) in [6.07, 6.45) is 2.30. The van der Waals surface area contributed by atoms with Crippen molar-refractivity contribution in [2.45, 2.75) is 141 Å². The Bertz CT molecular complexity index is 3790. The second-order valence-electron chi connectivity index (χ2n) is 21.3. The van der Waals surface area contributed by atoms with Crippen LogP contribution < -0.4 is 66.0 Å². The Kier molecular flexibility index (Phi) is 30.4. The number of nitrogens with two attached hydrogens (primary N) is 3. The van der Waals surface area contributed by atoms with Gasteiger partial charge in [0.05, 0.1) is 51.9 Å². The summed E-state index contributed by atoms with van der Waals surface area (Å²) >= 11 is 0. The topological polar surface area (TPSA) is 566 Å². The van der Waals surface area contributed by atoms with Crippen LogP contribution in [-0.4, -0.2) is 165 Å². The predicted molar refractivity (Wildman–Crippen MR) is 332 cm³/mol. The first-order valence-electron chi connectivity index (χ1n) is 26.3. The largest absolute Gasteiger partial charge is 0.519 e. The van der Waals surface area contributed by atoms with E-state index in [1.165, 1.54) is 29.9 Å². The molecule has 8 rings (SSSR count). The number of hydrogen-bond donors (Lipinski definition) is 15. The van der Waals surface area contributed by atoms with Gasteiger partial charge in [-0.25, -0.2) is 44.1 Å². The Balaban J connectivity index is 0.000000569. The minimum atomic E-state index is -1.06. The fourth-order valence-corrected chi connectivity index (χ4v) is 6.04. The summed E-state index contributed by atoms with van der Waals surface area (Å²) < 4.78 is 30.2. The van der Waals surface area contributed by atoms with Crippen molar-refractivity contribution in [1.29, 1.82) is 0 Å². The monoisotopic (exact) mass is 1270 g/mol. The molecule has 0 unspecified atom stereocenters. The van der Waals surface area contributed by atoms with Crippen molar-refractivity contribution in [1.82, 2.24) is 90.0 Å². The van der Waals surface area contributed by atoms with E-state index in [9.17, 15) is 43.2 Å². The minimum Gasteiger partial charge on any atom is -0.465 e. The molecule has 0 spiro atoms. The Hall–Kier alpha value is -10.6. The van der Waals surface area contributed by atoms with Crippen molar-refractivity contribution in [2.24, 2.45) is 17.2 Å². The number of nitrogens with zero attached hydrogens (tertiary/aromatic N) is 9. The van der Waals surface area contributed by atoms with E-state index in [2.05, 4.69) is 118 Å². The maximum Gasteiger partial charge on any atom is 0.519 e. The molecule has 0 aliphatic heterocycles. The lowest BCUT2D eigenvalue weighted by Gasteiger charge is -2.20. The molecule has 8 aromatic heterocycles. The standard InChI is InChI=1S/C15H22N6O5.C11H16N6O3.C10H18O5.C6H8N6O.C6H6N4O.CH6N2.2CH4/c1-5-25-9(22)6-21-8-18-10-11(21)19-13(20-12(10)23)16-7-17-14(24)26-15(2,3)4;1-11(2,3)20-10(19)15-5-14-9-16-7-6(8(18)17-9)12-4-13-7;1-9(2,3)14-7(11)13-8(12)15-10(4,5)6;7-1-8-6-11-4-3(5(13)12-6)9-2-10-4;1-3-9-5-4(6(11)10-3)7-2-8-5;2-1-3;;/h8H,5-7H2,1-4H3,(H,17,24)(H2,16,19,20,23);4H,5H2,1-3H3,(H,15,19)(H3,12,13,14,16,17,18);1-6H3;2H,1,7H2,(H3,8,9,10,11,12,13);2H,1H3,(H2,7,8,9,10,11);1-3H2;2*1H4. The number of H-pyrrole nitrogens is 7. The van der Waals surface area contributed by atoms with Gasteiger partial charge in [0.15, 0.2) is 44.7 Å². The maximum atomic E-state index is 12.1. The third kappa shape index (κ3) is 28.3. The number of aromatic amines is 7. The third-order valence-electron chi connectivity index (χ3n) is 9.08. The summed E-state index contributed by atoms with van der Waals surface area (Å²) in [6.45, 7) is 24.6. The van der Waals surface area contributed by atoms with Crippen LogP contribution in [0, 0.1) is 6.92 Å². The number of nitrogens with one attached hydrogen (secondary N) is 12. The molecule has 0 aliphatic rings. The molecule has 0 atom stereocenters. The molecule has 8 heterocycles. The molecule has 18 N–H and O–H groups in total. The van der Waals surface area contributed by atoms with Crippen molar-refractivity contribution in [2.75, 3.05) is 49.2 Å². The van der Waals surface area contributed by atoms with Crippen molar-refractivity contribution in [3.05, 3.63) is 72.5 Å². The zero-order valence-corrected chi connectivity index (χ0v) is 50.9. The Morgan fingerprint density at radius 2 is 0.911 bits per heavy atom. The van der Waals surface area contributed by atoms with Crippen LogP contribution >= 0.6 is 0 Å². The van der Waals surface area contributed by atoms with Crippen LogP contribution in [0.15, 0.2) is 44.5 Å². The van der Waals surface area contributed by atoms with Gasteiger partial charge in [-0.1, -0.05) is 14.9 Å². The number of amides is 2. The quantitative estimate of drug-likeness (QED) is 0.0383. The van der Waals surface area contributed by atoms with Gasteiger partial charge in [-0.05, 0) is 96.9 Å². The van der Waals surface area contributed by atoms with E-state index < -0.39 is 58.4 Å². The number of aryl methyl sites for hydroxylation is 1. The number of alkyl carbamates (subject to hydrolysis) is 2. The van der Waals surface area contributed by atoms with Gasteiger partial charge in [-0.2, -0.15) is 15.0 Å². The van der Waals surface area contributed by atoms with Crippen LogP contribution in [0.4, 0.5) is 37.0 Å². The van der Waals surface area contributed by atoms with E-state index in [-0.39, 0.29) is 94.4 Å². The molecule has 2 amide bonds. The van der Waals surface area contributed by atoms with E-state index in [0.717, 1.165) is 0 Å². The van der Waals surface area contributed by atoms with Crippen LogP contribution in [0.2, 0.25) is 0 Å². The molecule has 39 nitrogen and oxygen atoms in total. The van der Waals surface area contributed by atoms with Crippen LogP contribution in [-0.2, 0) is 39.8 Å².